The molecule has 2 aromatic carbocycles. The summed E-state index contributed by atoms with van der Waals surface area (Å²) >= 11 is 18.1. The number of piperazine rings is 1. The molecule has 0 radical (unpaired) electrons. The summed E-state index contributed by atoms with van der Waals surface area (Å²) < 4.78 is 5.71. The third kappa shape index (κ3) is 6.01. The summed E-state index contributed by atoms with van der Waals surface area (Å²) in [6, 6.07) is 12.0. The highest BCUT2D eigenvalue weighted by molar-refractivity contribution is 6.35. The minimum absolute atomic E-state index is 0.124. The van der Waals surface area contributed by atoms with Crippen LogP contribution < -0.4 is 10.1 Å². The maximum atomic E-state index is 12.7. The van der Waals surface area contributed by atoms with Gasteiger partial charge < -0.3 is 15.0 Å². The number of carbonyl (C=O) groups excluding carboxylic acids is 2. The van der Waals surface area contributed by atoms with Gasteiger partial charge in [-0.25, -0.2) is 0 Å². The highest BCUT2D eigenvalue weighted by Crippen LogP contribution is 2.28. The summed E-state index contributed by atoms with van der Waals surface area (Å²) in [5.41, 5.74) is 0.588. The van der Waals surface area contributed by atoms with Gasteiger partial charge in [0.25, 0.3) is 5.91 Å². The van der Waals surface area contributed by atoms with Crippen LogP contribution in [0.4, 0.5) is 5.69 Å². The van der Waals surface area contributed by atoms with Gasteiger partial charge in [0.2, 0.25) is 5.91 Å². The van der Waals surface area contributed by atoms with Crippen molar-refractivity contribution in [2.45, 2.75) is 13.0 Å². The Kier molecular flexibility index (Phi) is 7.83. The number of anilines is 1. The number of para-hydroxylation sites is 1. The van der Waals surface area contributed by atoms with E-state index in [0.717, 1.165) is 0 Å². The topological polar surface area (TPSA) is 61.9 Å². The van der Waals surface area contributed by atoms with Crippen LogP contribution in [0.1, 0.15) is 6.92 Å². The van der Waals surface area contributed by atoms with Crippen molar-refractivity contribution in [2.75, 3.05) is 38.0 Å². The zero-order valence-corrected chi connectivity index (χ0v) is 18.7. The number of hydrogen-bond acceptors (Lipinski definition) is 4. The van der Waals surface area contributed by atoms with E-state index in [-0.39, 0.29) is 18.4 Å². The van der Waals surface area contributed by atoms with Gasteiger partial charge in [-0.3, -0.25) is 14.5 Å². The number of nitrogens with zero attached hydrogens (tertiary/aromatic N) is 2. The molecule has 0 unspecified atom stereocenters. The molecule has 1 saturated heterocycles. The SMILES string of the molecule is C[C@@H](Oc1ccc(Cl)cc1Cl)C(=O)N1CCN(CC(=O)Nc2ccccc2Cl)CC1. The van der Waals surface area contributed by atoms with Gasteiger partial charge in [-0.15, -0.1) is 0 Å². The van der Waals surface area contributed by atoms with E-state index in [9.17, 15) is 9.59 Å². The van der Waals surface area contributed by atoms with Crippen LogP contribution in [0.15, 0.2) is 42.5 Å². The number of rotatable bonds is 6. The summed E-state index contributed by atoms with van der Waals surface area (Å²) in [5.74, 6) is 0.148. The fourth-order valence-corrected chi connectivity index (χ4v) is 3.79. The Balaban J connectivity index is 1.46. The average Bonchev–Trinajstić information content (AvgIpc) is 2.72. The van der Waals surface area contributed by atoms with E-state index in [2.05, 4.69) is 5.32 Å². The molecule has 160 valence electrons. The van der Waals surface area contributed by atoms with Crippen molar-refractivity contribution < 1.29 is 14.3 Å². The van der Waals surface area contributed by atoms with E-state index < -0.39 is 6.10 Å². The van der Waals surface area contributed by atoms with E-state index in [0.29, 0.717) is 52.7 Å². The number of ether oxygens (including phenoxy) is 1. The standard InChI is InChI=1S/C21H22Cl3N3O3/c1-14(30-19-7-6-15(22)12-17(19)24)21(29)27-10-8-26(9-11-27)13-20(28)25-18-5-3-2-4-16(18)23/h2-7,12,14H,8-11,13H2,1H3,(H,25,28)/t14-/m1/s1. The van der Waals surface area contributed by atoms with E-state index >= 15 is 0 Å². The van der Waals surface area contributed by atoms with Crippen LogP contribution in [0, 0.1) is 0 Å². The van der Waals surface area contributed by atoms with Crippen molar-refractivity contribution in [1.29, 1.82) is 0 Å². The molecule has 0 aliphatic carbocycles. The maximum Gasteiger partial charge on any atom is 0.263 e. The molecule has 9 heteroatoms. The van der Waals surface area contributed by atoms with Crippen LogP contribution in [-0.4, -0.2) is 60.4 Å². The summed E-state index contributed by atoms with van der Waals surface area (Å²) in [6.45, 7) is 4.14. The lowest BCUT2D eigenvalue weighted by atomic mass is 10.2. The van der Waals surface area contributed by atoms with Crippen molar-refractivity contribution >= 4 is 52.3 Å². The molecule has 0 saturated carbocycles. The Hall–Kier alpha value is -1.99. The summed E-state index contributed by atoms with van der Waals surface area (Å²) in [5, 5.41) is 4.17. The molecule has 0 aromatic heterocycles. The predicted octanol–water partition coefficient (Wildman–Crippen LogP) is 4.20. The van der Waals surface area contributed by atoms with Crippen molar-refractivity contribution in [1.82, 2.24) is 9.80 Å². The van der Waals surface area contributed by atoms with E-state index in [1.165, 1.54) is 0 Å². The van der Waals surface area contributed by atoms with E-state index in [1.54, 1.807) is 48.2 Å². The largest absolute Gasteiger partial charge is 0.479 e. The van der Waals surface area contributed by atoms with Crippen molar-refractivity contribution in [3.05, 3.63) is 57.5 Å². The normalized spacial score (nSPS) is 15.5. The fourth-order valence-electron chi connectivity index (χ4n) is 3.15. The molecule has 3 rings (SSSR count). The molecule has 6 nitrogen and oxygen atoms in total. The molecule has 0 spiro atoms. The lowest BCUT2D eigenvalue weighted by Gasteiger charge is -2.35. The Bertz CT molecular complexity index is 917. The minimum Gasteiger partial charge on any atom is -0.479 e. The Labute approximate surface area is 190 Å². The highest BCUT2D eigenvalue weighted by atomic mass is 35.5. The third-order valence-electron chi connectivity index (χ3n) is 4.74. The fraction of sp³-hybridized carbons (Fsp3) is 0.333. The average molecular weight is 471 g/mol. The molecule has 2 amide bonds. The van der Waals surface area contributed by atoms with Crippen LogP contribution in [-0.2, 0) is 9.59 Å². The summed E-state index contributed by atoms with van der Waals surface area (Å²) in [4.78, 5) is 28.7. The van der Waals surface area contributed by atoms with Crippen LogP contribution >= 0.6 is 34.8 Å². The predicted molar refractivity (Wildman–Crippen MR) is 120 cm³/mol. The molecular weight excluding hydrogens is 449 g/mol. The summed E-state index contributed by atoms with van der Waals surface area (Å²) in [7, 11) is 0. The summed E-state index contributed by atoms with van der Waals surface area (Å²) in [6.07, 6.45) is -0.682. The Morgan fingerprint density at radius 1 is 1.03 bits per heavy atom. The van der Waals surface area contributed by atoms with Crippen molar-refractivity contribution in [3.63, 3.8) is 0 Å². The second-order valence-corrected chi connectivity index (χ2v) is 8.22. The quantitative estimate of drug-likeness (QED) is 0.687. The zero-order chi connectivity index (χ0) is 21.7. The van der Waals surface area contributed by atoms with Crippen LogP contribution in [0.25, 0.3) is 0 Å². The first-order chi connectivity index (χ1) is 14.3. The van der Waals surface area contributed by atoms with E-state index in [1.807, 2.05) is 11.0 Å². The van der Waals surface area contributed by atoms with Gasteiger partial charge in [0.1, 0.15) is 5.75 Å². The van der Waals surface area contributed by atoms with Crippen LogP contribution in [0.5, 0.6) is 5.75 Å². The van der Waals surface area contributed by atoms with E-state index in [4.69, 9.17) is 39.5 Å². The smallest absolute Gasteiger partial charge is 0.263 e. The number of benzene rings is 2. The number of hydrogen-bond donors (Lipinski definition) is 1. The number of amides is 2. The first kappa shape index (κ1) is 22.7. The second-order valence-electron chi connectivity index (χ2n) is 6.96. The monoisotopic (exact) mass is 469 g/mol. The van der Waals surface area contributed by atoms with Gasteiger partial charge in [0.15, 0.2) is 6.10 Å². The number of carbonyl (C=O) groups is 2. The molecule has 1 heterocycles. The number of nitrogens with one attached hydrogen (secondary N) is 1. The lowest BCUT2D eigenvalue weighted by Crippen LogP contribution is -2.53. The van der Waals surface area contributed by atoms with Crippen LogP contribution in [0.2, 0.25) is 15.1 Å². The lowest BCUT2D eigenvalue weighted by molar-refractivity contribution is -0.139. The second kappa shape index (κ2) is 10.4. The maximum absolute atomic E-state index is 12.7. The van der Waals surface area contributed by atoms with Gasteiger partial charge in [-0.1, -0.05) is 46.9 Å². The molecule has 2 aromatic rings. The molecule has 1 N–H and O–H groups in total. The minimum atomic E-state index is -0.682. The Morgan fingerprint density at radius 2 is 1.73 bits per heavy atom. The zero-order valence-electron chi connectivity index (χ0n) is 16.4. The van der Waals surface area contributed by atoms with Crippen LogP contribution in [0.3, 0.4) is 0 Å². The van der Waals surface area contributed by atoms with Gasteiger partial charge >= 0.3 is 0 Å². The third-order valence-corrected chi connectivity index (χ3v) is 5.60. The highest BCUT2D eigenvalue weighted by Gasteiger charge is 2.27. The van der Waals surface area contributed by atoms with Gasteiger partial charge in [-0.05, 0) is 37.3 Å². The van der Waals surface area contributed by atoms with Gasteiger partial charge in [0.05, 0.1) is 22.3 Å². The molecule has 1 atom stereocenters. The molecular formula is C21H22Cl3N3O3. The molecule has 1 aliphatic heterocycles. The molecule has 1 fully saturated rings. The first-order valence-electron chi connectivity index (χ1n) is 9.50. The van der Waals surface area contributed by atoms with Crippen molar-refractivity contribution in [3.8, 4) is 5.75 Å². The number of halogens is 3. The van der Waals surface area contributed by atoms with Crippen molar-refractivity contribution in [2.24, 2.45) is 0 Å². The molecule has 0 bridgehead atoms. The molecule has 30 heavy (non-hydrogen) atoms. The van der Waals surface area contributed by atoms with Gasteiger partial charge in [0, 0.05) is 31.2 Å². The van der Waals surface area contributed by atoms with Gasteiger partial charge in [-0.2, -0.15) is 0 Å². The Morgan fingerprint density at radius 3 is 2.40 bits per heavy atom. The molecule has 1 aliphatic rings. The first-order valence-corrected chi connectivity index (χ1v) is 10.6.